The Morgan fingerprint density at radius 3 is 2.54 bits per heavy atom. The highest BCUT2D eigenvalue weighted by atomic mass is 19.3. The first-order chi connectivity index (χ1) is 6.02. The molecular formula is C10H19F2N. The summed E-state index contributed by atoms with van der Waals surface area (Å²) >= 11 is 0. The number of hydrogen-bond acceptors (Lipinski definition) is 1. The van der Waals surface area contributed by atoms with Gasteiger partial charge in [0.2, 0.25) is 0 Å². The second-order valence-electron chi connectivity index (χ2n) is 4.27. The smallest absolute Gasteiger partial charge is 0.251 e. The van der Waals surface area contributed by atoms with E-state index in [-0.39, 0.29) is 12.5 Å². The number of halogens is 2. The van der Waals surface area contributed by atoms with Gasteiger partial charge in [0, 0.05) is 18.4 Å². The minimum Gasteiger partial charge on any atom is -0.314 e. The van der Waals surface area contributed by atoms with E-state index in [1.54, 1.807) is 13.8 Å². The van der Waals surface area contributed by atoms with Crippen LogP contribution in [-0.2, 0) is 0 Å². The molecule has 1 aliphatic rings. The Bertz CT molecular complexity index is 151. The minimum atomic E-state index is -2.50. The van der Waals surface area contributed by atoms with Gasteiger partial charge in [0.05, 0.1) is 0 Å². The SMILES string of the molecule is CC(C)C(F)(F)CC1CCCCN1. The lowest BCUT2D eigenvalue weighted by Crippen LogP contribution is -2.40. The summed E-state index contributed by atoms with van der Waals surface area (Å²) in [5.74, 6) is -3.05. The van der Waals surface area contributed by atoms with E-state index in [9.17, 15) is 8.78 Å². The van der Waals surface area contributed by atoms with Crippen molar-refractivity contribution in [3.05, 3.63) is 0 Å². The van der Waals surface area contributed by atoms with Gasteiger partial charge in [-0.2, -0.15) is 0 Å². The Morgan fingerprint density at radius 1 is 1.38 bits per heavy atom. The zero-order valence-electron chi connectivity index (χ0n) is 8.45. The molecule has 0 saturated carbocycles. The standard InChI is InChI=1S/C10H19F2N/c1-8(2)10(11,12)7-9-5-3-4-6-13-9/h8-9,13H,3-7H2,1-2H3. The first kappa shape index (κ1) is 10.9. The maximum Gasteiger partial charge on any atom is 0.251 e. The Hall–Kier alpha value is -0.180. The molecule has 0 radical (unpaired) electrons. The fraction of sp³-hybridized carbons (Fsp3) is 1.00. The number of rotatable bonds is 3. The van der Waals surface area contributed by atoms with Crippen molar-refractivity contribution in [3.8, 4) is 0 Å². The second-order valence-corrected chi connectivity index (χ2v) is 4.27. The largest absolute Gasteiger partial charge is 0.314 e. The van der Waals surface area contributed by atoms with Crippen molar-refractivity contribution in [2.75, 3.05) is 6.54 Å². The molecule has 0 aromatic heterocycles. The molecule has 1 aliphatic heterocycles. The van der Waals surface area contributed by atoms with E-state index in [2.05, 4.69) is 5.32 Å². The summed E-state index contributed by atoms with van der Waals surface area (Å²) < 4.78 is 26.6. The van der Waals surface area contributed by atoms with Gasteiger partial charge < -0.3 is 5.32 Å². The summed E-state index contributed by atoms with van der Waals surface area (Å²) in [7, 11) is 0. The number of nitrogens with one attached hydrogen (secondary N) is 1. The van der Waals surface area contributed by atoms with E-state index in [0.29, 0.717) is 0 Å². The molecule has 1 fully saturated rings. The van der Waals surface area contributed by atoms with Crippen LogP contribution in [-0.4, -0.2) is 18.5 Å². The van der Waals surface area contributed by atoms with Crippen LogP contribution < -0.4 is 5.32 Å². The Labute approximate surface area is 78.9 Å². The maximum atomic E-state index is 13.3. The fourth-order valence-electron chi connectivity index (χ4n) is 1.66. The lowest BCUT2D eigenvalue weighted by molar-refractivity contribution is -0.0616. The van der Waals surface area contributed by atoms with Crippen LogP contribution in [0.4, 0.5) is 8.78 Å². The van der Waals surface area contributed by atoms with Crippen molar-refractivity contribution in [1.29, 1.82) is 0 Å². The lowest BCUT2D eigenvalue weighted by atomic mass is 9.93. The van der Waals surface area contributed by atoms with Crippen LogP contribution in [0.3, 0.4) is 0 Å². The molecule has 1 saturated heterocycles. The van der Waals surface area contributed by atoms with Gasteiger partial charge in [-0.1, -0.05) is 20.3 Å². The third-order valence-corrected chi connectivity index (χ3v) is 2.78. The second kappa shape index (κ2) is 4.36. The summed E-state index contributed by atoms with van der Waals surface area (Å²) in [4.78, 5) is 0. The Morgan fingerprint density at radius 2 is 2.08 bits per heavy atom. The van der Waals surface area contributed by atoms with Gasteiger partial charge in [0.15, 0.2) is 0 Å². The Kier molecular flexibility index (Phi) is 3.65. The first-order valence-corrected chi connectivity index (χ1v) is 5.13. The van der Waals surface area contributed by atoms with Crippen LogP contribution in [0.15, 0.2) is 0 Å². The van der Waals surface area contributed by atoms with Crippen molar-refractivity contribution in [1.82, 2.24) is 5.32 Å². The molecule has 1 N–H and O–H groups in total. The molecule has 3 heteroatoms. The third-order valence-electron chi connectivity index (χ3n) is 2.78. The van der Waals surface area contributed by atoms with Gasteiger partial charge >= 0.3 is 0 Å². The molecule has 0 aromatic rings. The predicted molar refractivity (Wildman–Crippen MR) is 50.0 cm³/mol. The molecular weight excluding hydrogens is 172 g/mol. The highest BCUT2D eigenvalue weighted by Gasteiger charge is 2.36. The van der Waals surface area contributed by atoms with Crippen LogP contribution >= 0.6 is 0 Å². The van der Waals surface area contributed by atoms with E-state index < -0.39 is 11.8 Å². The third kappa shape index (κ3) is 3.22. The van der Waals surface area contributed by atoms with Gasteiger partial charge in [0.25, 0.3) is 5.92 Å². The van der Waals surface area contributed by atoms with E-state index in [1.807, 2.05) is 0 Å². The molecule has 1 atom stereocenters. The highest BCUT2D eigenvalue weighted by Crippen LogP contribution is 2.30. The number of alkyl halides is 2. The molecule has 0 bridgehead atoms. The van der Waals surface area contributed by atoms with Crippen LogP contribution in [0.1, 0.15) is 39.5 Å². The van der Waals surface area contributed by atoms with E-state index in [1.165, 1.54) is 0 Å². The molecule has 0 aromatic carbocycles. The van der Waals surface area contributed by atoms with Gasteiger partial charge in [0.1, 0.15) is 0 Å². The van der Waals surface area contributed by atoms with E-state index >= 15 is 0 Å². The molecule has 0 spiro atoms. The fourth-order valence-corrected chi connectivity index (χ4v) is 1.66. The van der Waals surface area contributed by atoms with Gasteiger partial charge in [-0.25, -0.2) is 8.78 Å². The van der Waals surface area contributed by atoms with Crippen LogP contribution in [0, 0.1) is 5.92 Å². The number of piperidine rings is 1. The van der Waals surface area contributed by atoms with Crippen molar-refractivity contribution >= 4 is 0 Å². The average molecular weight is 191 g/mol. The summed E-state index contributed by atoms with van der Waals surface area (Å²) in [5, 5.41) is 3.15. The summed E-state index contributed by atoms with van der Waals surface area (Å²) in [5.41, 5.74) is 0. The van der Waals surface area contributed by atoms with Crippen LogP contribution in [0.2, 0.25) is 0 Å². The highest BCUT2D eigenvalue weighted by molar-refractivity contribution is 4.81. The molecule has 13 heavy (non-hydrogen) atoms. The maximum absolute atomic E-state index is 13.3. The normalized spacial score (nSPS) is 25.2. The predicted octanol–water partition coefficient (Wildman–Crippen LogP) is 2.81. The van der Waals surface area contributed by atoms with Gasteiger partial charge in [-0.15, -0.1) is 0 Å². The molecule has 1 heterocycles. The quantitative estimate of drug-likeness (QED) is 0.723. The van der Waals surface area contributed by atoms with Crippen LogP contribution in [0.25, 0.3) is 0 Å². The lowest BCUT2D eigenvalue weighted by Gasteiger charge is -2.29. The molecule has 1 nitrogen and oxygen atoms in total. The first-order valence-electron chi connectivity index (χ1n) is 5.13. The summed E-state index contributed by atoms with van der Waals surface area (Å²) in [6, 6.07) is 0.0335. The van der Waals surface area contributed by atoms with Crippen molar-refractivity contribution < 1.29 is 8.78 Å². The molecule has 0 aliphatic carbocycles. The molecule has 1 rings (SSSR count). The molecule has 0 amide bonds. The monoisotopic (exact) mass is 191 g/mol. The summed E-state index contributed by atoms with van der Waals surface area (Å²) in [6.07, 6.45) is 3.13. The number of hydrogen-bond donors (Lipinski definition) is 1. The van der Waals surface area contributed by atoms with Gasteiger partial charge in [-0.05, 0) is 19.4 Å². The molecule has 1 unspecified atom stereocenters. The average Bonchev–Trinajstić information content (AvgIpc) is 2.05. The Balaban J connectivity index is 2.37. The zero-order valence-corrected chi connectivity index (χ0v) is 8.45. The topological polar surface area (TPSA) is 12.0 Å². The van der Waals surface area contributed by atoms with Crippen LogP contribution in [0.5, 0.6) is 0 Å². The zero-order chi connectivity index (χ0) is 9.90. The van der Waals surface area contributed by atoms with E-state index in [4.69, 9.17) is 0 Å². The molecule has 78 valence electrons. The van der Waals surface area contributed by atoms with Crippen molar-refractivity contribution in [2.24, 2.45) is 5.92 Å². The minimum absolute atomic E-state index is 0.00463. The van der Waals surface area contributed by atoms with Crippen molar-refractivity contribution in [3.63, 3.8) is 0 Å². The van der Waals surface area contributed by atoms with Crippen molar-refractivity contribution in [2.45, 2.75) is 51.5 Å². The van der Waals surface area contributed by atoms with Gasteiger partial charge in [-0.3, -0.25) is 0 Å². The summed E-state index contributed by atoms with van der Waals surface area (Å²) in [6.45, 7) is 4.07. The van der Waals surface area contributed by atoms with E-state index in [0.717, 1.165) is 25.8 Å².